The summed E-state index contributed by atoms with van der Waals surface area (Å²) in [4.78, 5) is 0. The Balaban J connectivity index is 2.05. The summed E-state index contributed by atoms with van der Waals surface area (Å²) in [7, 11) is 0. The molecule has 0 saturated carbocycles. The second kappa shape index (κ2) is 4.79. The first-order valence-corrected chi connectivity index (χ1v) is 6.06. The Morgan fingerprint density at radius 1 is 1.53 bits per heavy atom. The Morgan fingerprint density at radius 2 is 2.27 bits per heavy atom. The van der Waals surface area contributed by atoms with Crippen LogP contribution in [0.3, 0.4) is 0 Å². The molecule has 84 valence electrons. The highest BCUT2D eigenvalue weighted by molar-refractivity contribution is 5.12. The second-order valence-corrected chi connectivity index (χ2v) is 4.54. The molecule has 2 heterocycles. The van der Waals surface area contributed by atoms with Crippen molar-refractivity contribution < 1.29 is 0 Å². The third kappa shape index (κ3) is 2.40. The summed E-state index contributed by atoms with van der Waals surface area (Å²) in [5, 5.41) is 7.86. The van der Waals surface area contributed by atoms with Gasteiger partial charge < -0.3 is 5.32 Å². The van der Waals surface area contributed by atoms with E-state index in [1.807, 2.05) is 0 Å². The molecule has 0 amide bonds. The fraction of sp³-hybridized carbons (Fsp3) is 0.750. The summed E-state index contributed by atoms with van der Waals surface area (Å²) < 4.78 is 2.11. The number of nitrogens with zero attached hydrogens (tertiary/aromatic N) is 2. The van der Waals surface area contributed by atoms with Crippen molar-refractivity contribution in [3.05, 3.63) is 18.0 Å². The molecule has 0 bridgehead atoms. The number of nitrogens with one attached hydrogen (secondary N) is 1. The predicted molar refractivity (Wildman–Crippen MR) is 62.1 cm³/mol. The summed E-state index contributed by atoms with van der Waals surface area (Å²) in [6, 6.07) is 0.528. The van der Waals surface area contributed by atoms with Crippen molar-refractivity contribution >= 4 is 0 Å². The van der Waals surface area contributed by atoms with Crippen LogP contribution in [0.2, 0.25) is 0 Å². The van der Waals surface area contributed by atoms with Crippen LogP contribution in [0.5, 0.6) is 0 Å². The van der Waals surface area contributed by atoms with Gasteiger partial charge in [0.15, 0.2) is 0 Å². The first-order chi connectivity index (χ1) is 7.31. The first-order valence-electron chi connectivity index (χ1n) is 6.06. The number of hydrogen-bond donors (Lipinski definition) is 1. The standard InChI is InChI=1S/C12H21N3/c1-3-10(2)15-9-12(8-14-15)11-4-6-13-7-5-11/h8-11,13H,3-7H2,1-2H3. The molecular formula is C12H21N3. The second-order valence-electron chi connectivity index (χ2n) is 4.54. The van der Waals surface area contributed by atoms with Crippen molar-refractivity contribution in [2.45, 2.75) is 45.1 Å². The molecule has 0 aliphatic carbocycles. The van der Waals surface area contributed by atoms with Gasteiger partial charge >= 0.3 is 0 Å². The Hall–Kier alpha value is -0.830. The lowest BCUT2D eigenvalue weighted by atomic mass is 9.93. The van der Waals surface area contributed by atoms with Gasteiger partial charge in [-0.15, -0.1) is 0 Å². The SMILES string of the molecule is CCC(C)n1cc(C2CCNCC2)cn1. The van der Waals surface area contributed by atoms with Crippen LogP contribution in [0.4, 0.5) is 0 Å². The zero-order chi connectivity index (χ0) is 10.7. The Kier molecular flexibility index (Phi) is 3.41. The van der Waals surface area contributed by atoms with Crippen molar-refractivity contribution in [1.29, 1.82) is 0 Å². The first kappa shape index (κ1) is 10.7. The molecule has 1 aliphatic heterocycles. The summed E-state index contributed by atoms with van der Waals surface area (Å²) in [6.07, 6.45) is 7.96. The van der Waals surface area contributed by atoms with E-state index in [0.717, 1.165) is 25.4 Å². The van der Waals surface area contributed by atoms with Crippen molar-refractivity contribution in [2.24, 2.45) is 0 Å². The Labute approximate surface area is 91.9 Å². The monoisotopic (exact) mass is 207 g/mol. The van der Waals surface area contributed by atoms with Crippen molar-refractivity contribution in [1.82, 2.24) is 15.1 Å². The number of aromatic nitrogens is 2. The lowest BCUT2D eigenvalue weighted by Crippen LogP contribution is -2.26. The van der Waals surface area contributed by atoms with Crippen LogP contribution in [0.25, 0.3) is 0 Å². The van der Waals surface area contributed by atoms with E-state index >= 15 is 0 Å². The average molecular weight is 207 g/mol. The molecule has 1 unspecified atom stereocenters. The summed E-state index contributed by atoms with van der Waals surface area (Å²) in [5.41, 5.74) is 1.43. The third-order valence-corrected chi connectivity index (χ3v) is 3.47. The highest BCUT2D eigenvalue weighted by atomic mass is 15.3. The van der Waals surface area contributed by atoms with Crippen LogP contribution in [0, 0.1) is 0 Å². The molecule has 0 aromatic carbocycles. The normalized spacial score (nSPS) is 20.4. The molecule has 3 heteroatoms. The largest absolute Gasteiger partial charge is 0.317 e. The average Bonchev–Trinajstić information content (AvgIpc) is 2.78. The quantitative estimate of drug-likeness (QED) is 0.824. The van der Waals surface area contributed by atoms with Crippen molar-refractivity contribution in [3.63, 3.8) is 0 Å². The van der Waals surface area contributed by atoms with E-state index < -0.39 is 0 Å². The van der Waals surface area contributed by atoms with Gasteiger partial charge in [-0.1, -0.05) is 6.92 Å². The van der Waals surface area contributed by atoms with Gasteiger partial charge in [-0.05, 0) is 50.8 Å². The highest BCUT2D eigenvalue weighted by Crippen LogP contribution is 2.25. The van der Waals surface area contributed by atoms with Crippen LogP contribution in [-0.2, 0) is 0 Å². The van der Waals surface area contributed by atoms with E-state index in [9.17, 15) is 0 Å². The molecular weight excluding hydrogens is 186 g/mol. The summed E-state index contributed by atoms with van der Waals surface area (Å²) in [5.74, 6) is 0.726. The fourth-order valence-electron chi connectivity index (χ4n) is 2.15. The Bertz CT molecular complexity index is 300. The number of piperidine rings is 1. The van der Waals surface area contributed by atoms with E-state index in [-0.39, 0.29) is 0 Å². The molecule has 1 aromatic rings. The molecule has 1 atom stereocenters. The molecule has 0 radical (unpaired) electrons. The maximum Gasteiger partial charge on any atom is 0.0524 e. The van der Waals surface area contributed by atoms with Gasteiger partial charge in [-0.3, -0.25) is 4.68 Å². The highest BCUT2D eigenvalue weighted by Gasteiger charge is 2.17. The van der Waals surface area contributed by atoms with Crippen molar-refractivity contribution in [2.75, 3.05) is 13.1 Å². The zero-order valence-corrected chi connectivity index (χ0v) is 9.74. The van der Waals surface area contributed by atoms with E-state index in [1.54, 1.807) is 0 Å². The number of rotatable bonds is 3. The molecule has 1 fully saturated rings. The van der Waals surface area contributed by atoms with Gasteiger partial charge in [0, 0.05) is 12.2 Å². The molecule has 3 nitrogen and oxygen atoms in total. The molecule has 0 spiro atoms. The van der Waals surface area contributed by atoms with Gasteiger partial charge in [0.1, 0.15) is 0 Å². The van der Waals surface area contributed by atoms with Crippen LogP contribution in [0.1, 0.15) is 50.6 Å². The van der Waals surface area contributed by atoms with Gasteiger partial charge in [0.05, 0.1) is 6.20 Å². The summed E-state index contributed by atoms with van der Waals surface area (Å²) in [6.45, 7) is 6.73. The molecule has 2 rings (SSSR count). The smallest absolute Gasteiger partial charge is 0.0524 e. The van der Waals surface area contributed by atoms with Gasteiger partial charge in [0.2, 0.25) is 0 Å². The van der Waals surface area contributed by atoms with Gasteiger partial charge in [0.25, 0.3) is 0 Å². The lowest BCUT2D eigenvalue weighted by Gasteiger charge is -2.21. The maximum atomic E-state index is 4.46. The van der Waals surface area contributed by atoms with Crippen molar-refractivity contribution in [3.8, 4) is 0 Å². The minimum absolute atomic E-state index is 0.528. The van der Waals surface area contributed by atoms with Crippen LogP contribution in [-0.4, -0.2) is 22.9 Å². The van der Waals surface area contributed by atoms with Crippen LogP contribution < -0.4 is 5.32 Å². The van der Waals surface area contributed by atoms with Gasteiger partial charge in [-0.25, -0.2) is 0 Å². The minimum Gasteiger partial charge on any atom is -0.317 e. The molecule has 1 aliphatic rings. The van der Waals surface area contributed by atoms with Crippen LogP contribution >= 0.6 is 0 Å². The predicted octanol–water partition coefficient (Wildman–Crippen LogP) is 2.32. The topological polar surface area (TPSA) is 29.9 Å². The molecule has 1 saturated heterocycles. The molecule has 1 N–H and O–H groups in total. The van der Waals surface area contributed by atoms with E-state index in [1.165, 1.54) is 18.4 Å². The molecule has 1 aromatic heterocycles. The maximum absolute atomic E-state index is 4.46. The summed E-state index contributed by atoms with van der Waals surface area (Å²) >= 11 is 0. The van der Waals surface area contributed by atoms with Crippen LogP contribution in [0.15, 0.2) is 12.4 Å². The van der Waals surface area contributed by atoms with Gasteiger partial charge in [-0.2, -0.15) is 5.10 Å². The van der Waals surface area contributed by atoms with E-state index in [4.69, 9.17) is 0 Å². The molecule has 15 heavy (non-hydrogen) atoms. The lowest BCUT2D eigenvalue weighted by molar-refractivity contribution is 0.456. The Morgan fingerprint density at radius 3 is 2.93 bits per heavy atom. The van der Waals surface area contributed by atoms with E-state index in [0.29, 0.717) is 6.04 Å². The fourth-order valence-corrected chi connectivity index (χ4v) is 2.15. The minimum atomic E-state index is 0.528. The third-order valence-electron chi connectivity index (χ3n) is 3.47. The van der Waals surface area contributed by atoms with E-state index in [2.05, 4.69) is 41.3 Å². The zero-order valence-electron chi connectivity index (χ0n) is 9.74. The number of hydrogen-bond acceptors (Lipinski definition) is 2.